The van der Waals surface area contributed by atoms with Crippen molar-refractivity contribution in [2.24, 2.45) is 0 Å². The fourth-order valence-electron chi connectivity index (χ4n) is 3.18. The molecule has 0 saturated carbocycles. The van der Waals surface area contributed by atoms with E-state index in [9.17, 15) is 4.79 Å². The van der Waals surface area contributed by atoms with Gasteiger partial charge in [0.05, 0.1) is 31.0 Å². The van der Waals surface area contributed by atoms with Crippen LogP contribution in [0.15, 0.2) is 60.9 Å². The van der Waals surface area contributed by atoms with Crippen LogP contribution in [0.1, 0.15) is 21.5 Å². The number of rotatable bonds is 6. The molecule has 0 radical (unpaired) electrons. The number of aromatic nitrogens is 2. The van der Waals surface area contributed by atoms with Gasteiger partial charge in [-0.2, -0.15) is 0 Å². The van der Waals surface area contributed by atoms with Crippen molar-refractivity contribution in [2.75, 3.05) is 19.1 Å². The van der Waals surface area contributed by atoms with Gasteiger partial charge in [0.1, 0.15) is 11.5 Å². The van der Waals surface area contributed by atoms with Crippen LogP contribution < -0.4 is 14.4 Å². The summed E-state index contributed by atoms with van der Waals surface area (Å²) < 4.78 is 11.7. The molecule has 6 nitrogen and oxygen atoms in total. The molecular weight excluding hydrogens is 398 g/mol. The second-order valence-electron chi connectivity index (χ2n) is 6.77. The molecule has 0 fully saturated rings. The minimum Gasteiger partial charge on any atom is -0.497 e. The SMILES string of the molecule is COc1cc(OC)cc(C(=O)N(Cc2cccnc2)c2nc3c(C)cccc3s2)c1. The van der Waals surface area contributed by atoms with Gasteiger partial charge in [0.2, 0.25) is 0 Å². The zero-order chi connectivity index (χ0) is 21.1. The van der Waals surface area contributed by atoms with Gasteiger partial charge >= 0.3 is 0 Å². The average molecular weight is 420 g/mol. The van der Waals surface area contributed by atoms with Gasteiger partial charge in [-0.05, 0) is 42.3 Å². The summed E-state index contributed by atoms with van der Waals surface area (Å²) in [5.74, 6) is 0.922. The van der Waals surface area contributed by atoms with Crippen molar-refractivity contribution in [3.8, 4) is 11.5 Å². The molecule has 0 atom stereocenters. The molecule has 152 valence electrons. The van der Waals surface area contributed by atoms with Crippen LogP contribution in [-0.4, -0.2) is 30.1 Å². The van der Waals surface area contributed by atoms with Crippen molar-refractivity contribution < 1.29 is 14.3 Å². The van der Waals surface area contributed by atoms with E-state index in [2.05, 4.69) is 4.98 Å². The van der Waals surface area contributed by atoms with Crippen LogP contribution in [0.2, 0.25) is 0 Å². The number of carbonyl (C=O) groups is 1. The van der Waals surface area contributed by atoms with E-state index in [4.69, 9.17) is 14.5 Å². The average Bonchev–Trinajstić information content (AvgIpc) is 3.22. The lowest BCUT2D eigenvalue weighted by atomic mass is 10.1. The molecule has 0 aliphatic carbocycles. The van der Waals surface area contributed by atoms with Crippen LogP contribution >= 0.6 is 11.3 Å². The largest absolute Gasteiger partial charge is 0.497 e. The third-order valence-electron chi connectivity index (χ3n) is 4.75. The smallest absolute Gasteiger partial charge is 0.260 e. The molecular formula is C23H21N3O3S. The van der Waals surface area contributed by atoms with Gasteiger partial charge in [-0.15, -0.1) is 0 Å². The van der Waals surface area contributed by atoms with Gasteiger partial charge in [0.25, 0.3) is 5.91 Å². The highest BCUT2D eigenvalue weighted by Gasteiger charge is 2.23. The standard InChI is InChI=1S/C23H21N3O3S/c1-15-6-4-8-20-21(15)25-23(30-20)26(14-16-7-5-9-24-13-16)22(27)17-10-18(28-2)12-19(11-17)29-3/h4-13H,14H2,1-3H3. The number of anilines is 1. The molecule has 0 unspecified atom stereocenters. The van der Waals surface area contributed by atoms with E-state index in [0.29, 0.717) is 28.7 Å². The third kappa shape index (κ3) is 3.97. The second kappa shape index (κ2) is 8.51. The lowest BCUT2D eigenvalue weighted by Gasteiger charge is -2.20. The first-order chi connectivity index (χ1) is 14.6. The Balaban J connectivity index is 1.80. The molecule has 0 aliphatic heterocycles. The Labute approximate surface area is 178 Å². The highest BCUT2D eigenvalue weighted by Crippen LogP contribution is 2.33. The second-order valence-corrected chi connectivity index (χ2v) is 7.78. The Morgan fingerprint density at radius 3 is 2.47 bits per heavy atom. The predicted octanol–water partition coefficient (Wildman–Crippen LogP) is 4.86. The van der Waals surface area contributed by atoms with Gasteiger partial charge in [-0.1, -0.05) is 29.5 Å². The van der Waals surface area contributed by atoms with E-state index in [1.165, 1.54) is 11.3 Å². The van der Waals surface area contributed by atoms with E-state index in [1.807, 2.05) is 37.3 Å². The monoisotopic (exact) mass is 419 g/mol. The number of benzene rings is 2. The molecule has 0 spiro atoms. The summed E-state index contributed by atoms with van der Waals surface area (Å²) in [5, 5.41) is 0.634. The summed E-state index contributed by atoms with van der Waals surface area (Å²) in [7, 11) is 3.12. The van der Waals surface area contributed by atoms with Gasteiger partial charge in [0.15, 0.2) is 5.13 Å². The molecule has 7 heteroatoms. The predicted molar refractivity (Wildman–Crippen MR) is 119 cm³/mol. The first-order valence-corrected chi connectivity index (χ1v) is 10.2. The number of hydrogen-bond acceptors (Lipinski definition) is 6. The molecule has 4 aromatic rings. The summed E-state index contributed by atoms with van der Waals surface area (Å²) in [4.78, 5) is 24.2. The van der Waals surface area contributed by atoms with Crippen molar-refractivity contribution in [3.05, 3.63) is 77.6 Å². The number of para-hydroxylation sites is 1. The number of amides is 1. The molecule has 2 heterocycles. The summed E-state index contributed by atoms with van der Waals surface area (Å²) >= 11 is 1.49. The highest BCUT2D eigenvalue weighted by molar-refractivity contribution is 7.22. The molecule has 4 rings (SSSR count). The number of pyridine rings is 1. The number of aryl methyl sites for hydroxylation is 1. The number of methoxy groups -OCH3 is 2. The molecule has 0 bridgehead atoms. The van der Waals surface area contributed by atoms with E-state index in [0.717, 1.165) is 21.3 Å². The van der Waals surface area contributed by atoms with Gasteiger partial charge in [-0.3, -0.25) is 14.7 Å². The molecule has 2 aromatic heterocycles. The van der Waals surface area contributed by atoms with Crippen molar-refractivity contribution in [1.82, 2.24) is 9.97 Å². The summed E-state index contributed by atoms with van der Waals surface area (Å²) in [5.41, 5.74) is 3.36. The van der Waals surface area contributed by atoms with Crippen molar-refractivity contribution in [2.45, 2.75) is 13.5 Å². The Morgan fingerprint density at radius 1 is 1.07 bits per heavy atom. The number of nitrogens with zero attached hydrogens (tertiary/aromatic N) is 3. The maximum atomic E-state index is 13.6. The third-order valence-corrected chi connectivity index (χ3v) is 5.79. The summed E-state index contributed by atoms with van der Waals surface area (Å²) in [6.07, 6.45) is 3.47. The van der Waals surface area contributed by atoms with Crippen LogP contribution in [0.25, 0.3) is 10.2 Å². The quantitative estimate of drug-likeness (QED) is 0.446. The van der Waals surface area contributed by atoms with Gasteiger partial charge in [-0.25, -0.2) is 4.98 Å². The number of hydrogen-bond donors (Lipinski definition) is 0. The zero-order valence-electron chi connectivity index (χ0n) is 17.0. The zero-order valence-corrected chi connectivity index (χ0v) is 17.8. The normalized spacial score (nSPS) is 10.8. The first kappa shape index (κ1) is 19.8. The van der Waals surface area contributed by atoms with E-state index in [1.54, 1.807) is 49.7 Å². The van der Waals surface area contributed by atoms with Crippen LogP contribution in [0.3, 0.4) is 0 Å². The Hall–Kier alpha value is -3.45. The molecule has 30 heavy (non-hydrogen) atoms. The number of carbonyl (C=O) groups excluding carboxylic acids is 1. The first-order valence-electron chi connectivity index (χ1n) is 9.39. The maximum absolute atomic E-state index is 13.6. The van der Waals surface area contributed by atoms with Crippen molar-refractivity contribution in [1.29, 1.82) is 0 Å². The number of ether oxygens (including phenoxy) is 2. The summed E-state index contributed by atoms with van der Waals surface area (Å²) in [6, 6.07) is 15.0. The van der Waals surface area contributed by atoms with Crippen LogP contribution in [0.5, 0.6) is 11.5 Å². The molecule has 0 saturated heterocycles. The molecule has 0 N–H and O–H groups in total. The fourth-order valence-corrected chi connectivity index (χ4v) is 4.22. The highest BCUT2D eigenvalue weighted by atomic mass is 32.1. The van der Waals surface area contributed by atoms with Crippen molar-refractivity contribution >= 4 is 32.6 Å². The fraction of sp³-hybridized carbons (Fsp3) is 0.174. The number of fused-ring (bicyclic) bond motifs is 1. The lowest BCUT2D eigenvalue weighted by Crippen LogP contribution is -2.30. The van der Waals surface area contributed by atoms with Gasteiger partial charge < -0.3 is 9.47 Å². The van der Waals surface area contributed by atoms with E-state index in [-0.39, 0.29) is 5.91 Å². The molecule has 1 amide bonds. The molecule has 2 aromatic carbocycles. The Morgan fingerprint density at radius 2 is 1.83 bits per heavy atom. The Kier molecular flexibility index (Phi) is 5.63. The van der Waals surface area contributed by atoms with E-state index < -0.39 is 0 Å². The molecule has 0 aliphatic rings. The van der Waals surface area contributed by atoms with Crippen LogP contribution in [0.4, 0.5) is 5.13 Å². The summed E-state index contributed by atoms with van der Waals surface area (Å²) in [6.45, 7) is 2.37. The lowest BCUT2D eigenvalue weighted by molar-refractivity contribution is 0.0984. The Bertz CT molecular complexity index is 1170. The van der Waals surface area contributed by atoms with Gasteiger partial charge in [0, 0.05) is 24.0 Å². The minimum absolute atomic E-state index is 0.187. The van der Waals surface area contributed by atoms with Crippen LogP contribution in [-0.2, 0) is 6.54 Å². The van der Waals surface area contributed by atoms with Crippen LogP contribution in [0, 0.1) is 6.92 Å². The van der Waals surface area contributed by atoms with E-state index >= 15 is 0 Å². The maximum Gasteiger partial charge on any atom is 0.260 e. The van der Waals surface area contributed by atoms with Crippen molar-refractivity contribution in [3.63, 3.8) is 0 Å². The topological polar surface area (TPSA) is 64.6 Å². The number of thiazole rings is 1. The minimum atomic E-state index is -0.187.